The molecule has 1 saturated heterocycles. The van der Waals surface area contributed by atoms with Crippen molar-refractivity contribution in [2.45, 2.75) is 12.5 Å². The van der Waals surface area contributed by atoms with Gasteiger partial charge in [-0.2, -0.15) is 5.10 Å². The Morgan fingerprint density at radius 2 is 2.27 bits per heavy atom. The number of amides is 1. The molecular formula is C13H18IN7O. The summed E-state index contributed by atoms with van der Waals surface area (Å²) < 4.78 is 2.68. The number of carbonyl (C=O) groups is 1. The van der Waals surface area contributed by atoms with Gasteiger partial charge in [-0.25, -0.2) is 14.6 Å². The zero-order valence-electron chi connectivity index (χ0n) is 12.5. The van der Waals surface area contributed by atoms with Crippen LogP contribution in [-0.4, -0.2) is 69.2 Å². The van der Waals surface area contributed by atoms with Crippen LogP contribution in [0.5, 0.6) is 0 Å². The maximum absolute atomic E-state index is 12.2. The van der Waals surface area contributed by atoms with Crippen LogP contribution in [0.2, 0.25) is 0 Å². The Morgan fingerprint density at radius 1 is 1.50 bits per heavy atom. The number of likely N-dealkylation sites (tertiary alicyclic amines) is 1. The van der Waals surface area contributed by atoms with Gasteiger partial charge in [0.1, 0.15) is 15.8 Å². The molecule has 0 saturated carbocycles. The van der Waals surface area contributed by atoms with Crippen molar-refractivity contribution in [3.05, 3.63) is 10.0 Å². The molecule has 3 heterocycles. The van der Waals surface area contributed by atoms with Gasteiger partial charge in [0.25, 0.3) is 0 Å². The van der Waals surface area contributed by atoms with Gasteiger partial charge < -0.3 is 15.5 Å². The van der Waals surface area contributed by atoms with Gasteiger partial charge in [-0.3, -0.25) is 4.79 Å². The fraction of sp³-hybridized carbons (Fsp3) is 0.538. The summed E-state index contributed by atoms with van der Waals surface area (Å²) in [4.78, 5) is 24.3. The molecule has 3 rings (SSSR count). The molecule has 2 aromatic heterocycles. The molecule has 0 radical (unpaired) electrons. The number of anilines is 1. The predicted molar refractivity (Wildman–Crippen MR) is 91.2 cm³/mol. The lowest BCUT2D eigenvalue weighted by molar-refractivity contribution is -0.130. The molecule has 118 valence electrons. The Bertz CT molecular complexity index is 714. The van der Waals surface area contributed by atoms with Crippen molar-refractivity contribution in [2.24, 2.45) is 0 Å². The molecule has 1 fully saturated rings. The number of nitrogens with zero attached hydrogens (tertiary/aromatic N) is 6. The number of carbonyl (C=O) groups excluding carboxylic acids is 1. The third-order valence-corrected chi connectivity index (χ3v) is 4.54. The van der Waals surface area contributed by atoms with Gasteiger partial charge in [-0.1, -0.05) is 0 Å². The van der Waals surface area contributed by atoms with Crippen LogP contribution < -0.4 is 5.73 Å². The highest BCUT2D eigenvalue weighted by Crippen LogP contribution is 2.29. The van der Waals surface area contributed by atoms with Gasteiger partial charge in [0.2, 0.25) is 5.91 Å². The molecule has 8 nitrogen and oxygen atoms in total. The van der Waals surface area contributed by atoms with Crippen molar-refractivity contribution in [3.8, 4) is 0 Å². The molecule has 1 amide bonds. The standard InChI is InChI=1S/C13H18IN7O/c1-19(2)6-9(22)20-4-3-8(5-20)21-13-10(11(14)18-21)12(15)16-7-17-13/h7-8H,3-6H2,1-2H3,(H2,15,16,17). The molecule has 22 heavy (non-hydrogen) atoms. The average molecular weight is 415 g/mol. The minimum atomic E-state index is 0.131. The topological polar surface area (TPSA) is 93.2 Å². The normalized spacial score (nSPS) is 18.5. The molecule has 0 spiro atoms. The third kappa shape index (κ3) is 2.74. The summed E-state index contributed by atoms with van der Waals surface area (Å²) >= 11 is 2.15. The highest BCUT2D eigenvalue weighted by Gasteiger charge is 2.30. The Hall–Kier alpha value is -1.49. The molecule has 0 bridgehead atoms. The van der Waals surface area contributed by atoms with Gasteiger partial charge in [0, 0.05) is 13.1 Å². The highest BCUT2D eigenvalue weighted by molar-refractivity contribution is 14.1. The van der Waals surface area contributed by atoms with Gasteiger partial charge in [0.05, 0.1) is 18.0 Å². The summed E-state index contributed by atoms with van der Waals surface area (Å²) in [6.07, 6.45) is 2.33. The van der Waals surface area contributed by atoms with E-state index in [4.69, 9.17) is 5.73 Å². The van der Waals surface area contributed by atoms with E-state index in [1.165, 1.54) is 6.33 Å². The number of nitrogens with two attached hydrogens (primary N) is 1. The molecule has 9 heteroatoms. The molecule has 2 aromatic rings. The zero-order chi connectivity index (χ0) is 15.9. The number of aromatic nitrogens is 4. The van der Waals surface area contributed by atoms with Crippen molar-refractivity contribution in [3.63, 3.8) is 0 Å². The van der Waals surface area contributed by atoms with E-state index in [-0.39, 0.29) is 11.9 Å². The first kappa shape index (κ1) is 15.4. The zero-order valence-corrected chi connectivity index (χ0v) is 14.7. The second-order valence-corrected chi connectivity index (χ2v) is 6.73. The smallest absolute Gasteiger partial charge is 0.236 e. The van der Waals surface area contributed by atoms with Crippen LogP contribution in [0.4, 0.5) is 5.82 Å². The average Bonchev–Trinajstić information content (AvgIpc) is 3.04. The maximum Gasteiger partial charge on any atom is 0.236 e. The van der Waals surface area contributed by atoms with Crippen LogP contribution in [-0.2, 0) is 4.79 Å². The predicted octanol–water partition coefficient (Wildman–Crippen LogP) is 0.348. The largest absolute Gasteiger partial charge is 0.383 e. The van der Waals surface area contributed by atoms with Crippen molar-refractivity contribution < 1.29 is 4.79 Å². The van der Waals surface area contributed by atoms with Crippen LogP contribution in [0.1, 0.15) is 12.5 Å². The van der Waals surface area contributed by atoms with E-state index in [1.54, 1.807) is 0 Å². The third-order valence-electron chi connectivity index (χ3n) is 3.79. The van der Waals surface area contributed by atoms with E-state index < -0.39 is 0 Å². The Balaban J connectivity index is 1.85. The molecule has 2 N–H and O–H groups in total. The summed E-state index contributed by atoms with van der Waals surface area (Å²) in [6.45, 7) is 1.83. The minimum Gasteiger partial charge on any atom is -0.383 e. The van der Waals surface area contributed by atoms with E-state index >= 15 is 0 Å². The van der Waals surface area contributed by atoms with Crippen LogP contribution >= 0.6 is 22.6 Å². The van der Waals surface area contributed by atoms with E-state index in [0.717, 1.165) is 27.7 Å². The summed E-state index contributed by atoms with van der Waals surface area (Å²) in [7, 11) is 3.79. The van der Waals surface area contributed by atoms with Gasteiger partial charge in [-0.05, 0) is 43.1 Å². The number of nitrogen functional groups attached to an aromatic ring is 1. The lowest BCUT2D eigenvalue weighted by atomic mass is 10.2. The van der Waals surface area contributed by atoms with E-state index in [0.29, 0.717) is 18.9 Å². The molecule has 1 aliphatic heterocycles. The number of fused-ring (bicyclic) bond motifs is 1. The Morgan fingerprint density at radius 3 is 3.00 bits per heavy atom. The first-order chi connectivity index (χ1) is 10.5. The first-order valence-electron chi connectivity index (χ1n) is 7.04. The number of halogens is 1. The van der Waals surface area contributed by atoms with Crippen molar-refractivity contribution in [2.75, 3.05) is 39.5 Å². The fourth-order valence-electron chi connectivity index (χ4n) is 2.75. The summed E-state index contributed by atoms with van der Waals surface area (Å²) in [6, 6.07) is 0.131. The number of likely N-dealkylation sites (N-methyl/N-ethyl adjacent to an activating group) is 1. The van der Waals surface area contributed by atoms with Gasteiger partial charge in [-0.15, -0.1) is 0 Å². The number of rotatable bonds is 3. The lowest BCUT2D eigenvalue weighted by Gasteiger charge is -2.19. The maximum atomic E-state index is 12.2. The number of hydrogen-bond donors (Lipinski definition) is 1. The molecule has 1 aliphatic rings. The van der Waals surface area contributed by atoms with Gasteiger partial charge in [0.15, 0.2) is 5.65 Å². The van der Waals surface area contributed by atoms with Crippen LogP contribution in [0.3, 0.4) is 0 Å². The second kappa shape index (κ2) is 5.95. The van der Waals surface area contributed by atoms with Crippen LogP contribution in [0, 0.1) is 3.70 Å². The van der Waals surface area contributed by atoms with E-state index in [1.807, 2.05) is 28.6 Å². The van der Waals surface area contributed by atoms with E-state index in [9.17, 15) is 4.79 Å². The van der Waals surface area contributed by atoms with E-state index in [2.05, 4.69) is 37.7 Å². The van der Waals surface area contributed by atoms with Crippen molar-refractivity contribution in [1.29, 1.82) is 0 Å². The summed E-state index contributed by atoms with van der Waals surface area (Å²) in [5, 5.41) is 5.35. The fourth-order valence-corrected chi connectivity index (χ4v) is 3.50. The summed E-state index contributed by atoms with van der Waals surface area (Å²) in [5.41, 5.74) is 6.66. The van der Waals surface area contributed by atoms with Gasteiger partial charge >= 0.3 is 0 Å². The quantitative estimate of drug-likeness (QED) is 0.728. The molecule has 0 aliphatic carbocycles. The van der Waals surface area contributed by atoms with Crippen LogP contribution in [0.25, 0.3) is 11.0 Å². The second-order valence-electron chi connectivity index (χ2n) is 5.71. The molecular weight excluding hydrogens is 397 g/mol. The molecule has 1 unspecified atom stereocenters. The lowest BCUT2D eigenvalue weighted by Crippen LogP contribution is -2.36. The SMILES string of the molecule is CN(C)CC(=O)N1CCC(n2nc(I)c3c(N)ncnc32)C1. The number of hydrogen-bond acceptors (Lipinski definition) is 6. The van der Waals surface area contributed by atoms with Crippen molar-refractivity contribution >= 4 is 45.3 Å². The molecule has 1 atom stereocenters. The highest BCUT2D eigenvalue weighted by atomic mass is 127. The minimum absolute atomic E-state index is 0.131. The monoisotopic (exact) mass is 415 g/mol. The summed E-state index contributed by atoms with van der Waals surface area (Å²) in [5.74, 6) is 0.590. The van der Waals surface area contributed by atoms with Crippen LogP contribution in [0.15, 0.2) is 6.33 Å². The van der Waals surface area contributed by atoms with Crippen molar-refractivity contribution in [1.82, 2.24) is 29.5 Å². The first-order valence-corrected chi connectivity index (χ1v) is 8.12. The Kier molecular flexibility index (Phi) is 4.17. The molecule has 0 aromatic carbocycles. The Labute approximate surface area is 141 Å².